The summed E-state index contributed by atoms with van der Waals surface area (Å²) >= 11 is 0. The Hall–Kier alpha value is -3.59. The van der Waals surface area contributed by atoms with Crippen LogP contribution in [0.25, 0.3) is 11.4 Å². The lowest BCUT2D eigenvalue weighted by Crippen LogP contribution is -2.35. The number of hydrogen-bond acceptors (Lipinski definition) is 7. The van der Waals surface area contributed by atoms with Crippen molar-refractivity contribution < 1.29 is 4.79 Å². The minimum absolute atomic E-state index is 0.0713. The monoisotopic (exact) mass is 405 g/mol. The minimum atomic E-state index is -0.853. The van der Waals surface area contributed by atoms with E-state index in [-0.39, 0.29) is 23.3 Å². The van der Waals surface area contributed by atoms with Crippen molar-refractivity contribution in [2.75, 3.05) is 5.32 Å². The number of nitrogens with one attached hydrogen (secondary N) is 2. The van der Waals surface area contributed by atoms with Crippen molar-refractivity contribution in [2.24, 2.45) is 11.5 Å². The summed E-state index contributed by atoms with van der Waals surface area (Å²) in [6.45, 7) is 0. The largest absolute Gasteiger partial charge is 0.365 e. The summed E-state index contributed by atoms with van der Waals surface area (Å²) in [4.78, 5) is 40.3. The van der Waals surface area contributed by atoms with E-state index in [4.69, 9.17) is 11.5 Å². The Bertz CT molecular complexity index is 1110. The van der Waals surface area contributed by atoms with Crippen molar-refractivity contribution in [2.45, 2.75) is 37.6 Å². The Balaban J connectivity index is 1.73. The predicted octanol–water partition coefficient (Wildman–Crippen LogP) is 2.05. The van der Waals surface area contributed by atoms with Crippen LogP contribution in [0, 0.1) is 0 Å². The van der Waals surface area contributed by atoms with E-state index in [0.29, 0.717) is 17.3 Å². The molecule has 1 aliphatic carbocycles. The molecule has 9 nitrogen and oxygen atoms in total. The molecule has 2 atom stereocenters. The number of aromatic nitrogens is 4. The number of primary amides is 1. The molecule has 1 aliphatic rings. The summed E-state index contributed by atoms with van der Waals surface area (Å²) in [5, 5.41) is 3.07. The molecule has 1 fully saturated rings. The zero-order chi connectivity index (χ0) is 21.1. The van der Waals surface area contributed by atoms with Crippen LogP contribution in [0.3, 0.4) is 0 Å². The summed E-state index contributed by atoms with van der Waals surface area (Å²) in [5.74, 6) is 0.225. The van der Waals surface area contributed by atoms with Gasteiger partial charge in [0.25, 0.3) is 11.5 Å². The molecule has 9 heteroatoms. The maximum atomic E-state index is 12.6. The Morgan fingerprint density at radius 2 is 1.90 bits per heavy atom. The van der Waals surface area contributed by atoms with Gasteiger partial charge in [0.05, 0.1) is 0 Å². The lowest BCUT2D eigenvalue weighted by Gasteiger charge is -2.28. The normalized spacial score (nSPS) is 18.7. The molecule has 1 amide bonds. The Morgan fingerprint density at radius 1 is 1.13 bits per heavy atom. The van der Waals surface area contributed by atoms with Gasteiger partial charge in [0.1, 0.15) is 11.4 Å². The summed E-state index contributed by atoms with van der Waals surface area (Å²) in [7, 11) is 0. The van der Waals surface area contributed by atoms with Crippen LogP contribution in [0.15, 0.2) is 47.5 Å². The van der Waals surface area contributed by atoms with Crippen molar-refractivity contribution in [3.63, 3.8) is 0 Å². The predicted molar refractivity (Wildman–Crippen MR) is 113 cm³/mol. The molecule has 1 aromatic carbocycles. The number of hydrogen-bond donors (Lipinski definition) is 4. The number of carbonyl (C=O) groups is 1. The quantitative estimate of drug-likeness (QED) is 0.507. The van der Waals surface area contributed by atoms with E-state index in [0.717, 1.165) is 31.2 Å². The first-order chi connectivity index (χ1) is 14.5. The van der Waals surface area contributed by atoms with Gasteiger partial charge in [0, 0.05) is 35.6 Å². The molecular formula is C21H23N7O2. The number of benzene rings is 1. The molecule has 0 unspecified atom stereocenters. The molecule has 2 aromatic heterocycles. The first-order valence-corrected chi connectivity index (χ1v) is 9.87. The zero-order valence-electron chi connectivity index (χ0n) is 16.3. The fourth-order valence-electron chi connectivity index (χ4n) is 3.81. The summed E-state index contributed by atoms with van der Waals surface area (Å²) in [6.07, 6.45) is 7.09. The van der Waals surface area contributed by atoms with Crippen LogP contribution in [0.1, 0.15) is 47.8 Å². The molecule has 1 saturated carbocycles. The van der Waals surface area contributed by atoms with Crippen LogP contribution in [0.5, 0.6) is 0 Å². The van der Waals surface area contributed by atoms with E-state index < -0.39 is 11.5 Å². The van der Waals surface area contributed by atoms with Gasteiger partial charge < -0.3 is 21.8 Å². The number of H-pyrrole nitrogens is 1. The van der Waals surface area contributed by atoms with Gasteiger partial charge in [-0.05, 0) is 31.0 Å². The average Bonchev–Trinajstić information content (AvgIpc) is 2.74. The van der Waals surface area contributed by atoms with Gasteiger partial charge in [-0.3, -0.25) is 9.59 Å². The van der Waals surface area contributed by atoms with Gasteiger partial charge in [-0.2, -0.15) is 0 Å². The molecule has 154 valence electrons. The zero-order valence-corrected chi connectivity index (χ0v) is 16.3. The number of nitrogens with two attached hydrogens (primary N) is 2. The molecule has 0 saturated heterocycles. The fraction of sp³-hybridized carbons (Fsp3) is 0.286. The molecule has 2 heterocycles. The van der Waals surface area contributed by atoms with E-state index in [1.807, 2.05) is 18.2 Å². The highest BCUT2D eigenvalue weighted by Crippen LogP contribution is 2.31. The Labute approximate surface area is 173 Å². The molecule has 0 radical (unpaired) electrons. The molecule has 0 bridgehead atoms. The number of amides is 1. The van der Waals surface area contributed by atoms with Crippen molar-refractivity contribution >= 4 is 17.4 Å². The van der Waals surface area contributed by atoms with E-state index >= 15 is 0 Å². The maximum absolute atomic E-state index is 12.6. The number of rotatable bonds is 5. The summed E-state index contributed by atoms with van der Waals surface area (Å²) in [6, 6.07) is 8.95. The number of aromatic amines is 1. The number of nitrogens with zero attached hydrogens (tertiary/aromatic N) is 3. The lowest BCUT2D eigenvalue weighted by molar-refractivity contribution is 0.0999. The van der Waals surface area contributed by atoms with Crippen molar-refractivity contribution in [1.82, 2.24) is 19.9 Å². The van der Waals surface area contributed by atoms with Gasteiger partial charge in [0.2, 0.25) is 0 Å². The first kappa shape index (κ1) is 19.7. The highest BCUT2D eigenvalue weighted by atomic mass is 16.2. The van der Waals surface area contributed by atoms with Gasteiger partial charge in [-0.1, -0.05) is 25.0 Å². The van der Waals surface area contributed by atoms with E-state index in [9.17, 15) is 9.59 Å². The third kappa shape index (κ3) is 4.06. The average molecular weight is 405 g/mol. The van der Waals surface area contributed by atoms with Gasteiger partial charge in [-0.15, -0.1) is 0 Å². The van der Waals surface area contributed by atoms with Gasteiger partial charge in [0.15, 0.2) is 11.6 Å². The van der Waals surface area contributed by atoms with Crippen LogP contribution in [0.2, 0.25) is 0 Å². The topological polar surface area (TPSA) is 153 Å². The SMILES string of the molecule is NC(=O)c1c(Nc2cccc(-c3ncccn3)c2)nc([C@@H]2CCCC[C@@H]2N)[nH]c1=O. The maximum Gasteiger partial charge on any atom is 0.265 e. The Morgan fingerprint density at radius 3 is 2.63 bits per heavy atom. The first-order valence-electron chi connectivity index (χ1n) is 9.87. The number of anilines is 2. The van der Waals surface area contributed by atoms with Crippen molar-refractivity contribution in [3.8, 4) is 11.4 Å². The second-order valence-corrected chi connectivity index (χ2v) is 7.37. The highest BCUT2D eigenvalue weighted by Gasteiger charge is 2.27. The summed E-state index contributed by atoms with van der Waals surface area (Å²) in [5.41, 5.74) is 12.3. The van der Waals surface area contributed by atoms with E-state index in [1.54, 1.807) is 24.5 Å². The smallest absolute Gasteiger partial charge is 0.265 e. The fourth-order valence-corrected chi connectivity index (χ4v) is 3.81. The summed E-state index contributed by atoms with van der Waals surface area (Å²) < 4.78 is 0. The molecule has 0 aliphatic heterocycles. The van der Waals surface area contributed by atoms with Crippen LogP contribution in [-0.4, -0.2) is 31.9 Å². The third-order valence-corrected chi connectivity index (χ3v) is 5.30. The second-order valence-electron chi connectivity index (χ2n) is 7.37. The van der Waals surface area contributed by atoms with Crippen LogP contribution < -0.4 is 22.3 Å². The standard InChI is InChI=1S/C21H23N7O2/c22-15-8-2-1-7-14(15)19-27-20(16(17(23)29)21(30)28-19)26-13-6-3-5-12(11-13)18-24-9-4-10-25-18/h3-6,9-11,14-15H,1-2,7-8,22H2,(H2,23,29)(H2,26,27,28,30)/t14-,15+/m1/s1. The minimum Gasteiger partial charge on any atom is -0.365 e. The van der Waals surface area contributed by atoms with E-state index in [1.165, 1.54) is 0 Å². The lowest BCUT2D eigenvalue weighted by atomic mass is 9.84. The molecule has 3 aromatic rings. The van der Waals surface area contributed by atoms with Gasteiger partial charge in [-0.25, -0.2) is 15.0 Å². The molecular weight excluding hydrogens is 382 g/mol. The second kappa shape index (κ2) is 8.42. The van der Waals surface area contributed by atoms with Crippen LogP contribution in [-0.2, 0) is 0 Å². The van der Waals surface area contributed by atoms with Crippen molar-refractivity contribution in [3.05, 3.63) is 64.5 Å². The number of carbonyl (C=O) groups excluding carboxylic acids is 1. The van der Waals surface area contributed by atoms with Crippen molar-refractivity contribution in [1.29, 1.82) is 0 Å². The molecule has 6 N–H and O–H groups in total. The van der Waals surface area contributed by atoms with E-state index in [2.05, 4.69) is 25.3 Å². The molecule has 0 spiro atoms. The highest BCUT2D eigenvalue weighted by molar-refractivity contribution is 5.97. The van der Waals surface area contributed by atoms with Gasteiger partial charge >= 0.3 is 0 Å². The third-order valence-electron chi connectivity index (χ3n) is 5.30. The molecule has 4 rings (SSSR count). The van der Waals surface area contributed by atoms with Crippen LogP contribution in [0.4, 0.5) is 11.5 Å². The molecule has 30 heavy (non-hydrogen) atoms. The Kier molecular flexibility index (Phi) is 5.53. The van der Waals surface area contributed by atoms with Crippen LogP contribution >= 0.6 is 0 Å².